The molecule has 7 nitrogen and oxygen atoms in total. The zero-order valence-electron chi connectivity index (χ0n) is 12.4. The maximum absolute atomic E-state index is 12.4. The van der Waals surface area contributed by atoms with Gasteiger partial charge in [0.25, 0.3) is 5.69 Å². The van der Waals surface area contributed by atoms with Crippen molar-refractivity contribution in [3.05, 3.63) is 64.2 Å². The Balaban J connectivity index is 2.26. The minimum Gasteiger partial charge on any atom is -0.405 e. The smallest absolute Gasteiger partial charge is 0.405 e. The molecule has 25 heavy (non-hydrogen) atoms. The minimum atomic E-state index is -4.94. The first kappa shape index (κ1) is 18.7. The summed E-state index contributed by atoms with van der Waals surface area (Å²) >= 11 is 0. The van der Waals surface area contributed by atoms with Gasteiger partial charge in [-0.25, -0.2) is 13.1 Å². The fourth-order valence-electron chi connectivity index (χ4n) is 1.96. The van der Waals surface area contributed by atoms with Crippen LogP contribution in [-0.2, 0) is 16.6 Å². The van der Waals surface area contributed by atoms with Gasteiger partial charge in [-0.3, -0.25) is 10.1 Å². The van der Waals surface area contributed by atoms with E-state index < -0.39 is 44.2 Å². The van der Waals surface area contributed by atoms with Gasteiger partial charge in [-0.2, -0.15) is 0 Å². The van der Waals surface area contributed by atoms with Crippen molar-refractivity contribution in [1.29, 1.82) is 0 Å². The lowest BCUT2D eigenvalue weighted by atomic mass is 10.2. The summed E-state index contributed by atoms with van der Waals surface area (Å²) in [5.74, 6) is -0.569. The summed E-state index contributed by atoms with van der Waals surface area (Å²) in [7, 11) is -4.32. The van der Waals surface area contributed by atoms with Gasteiger partial charge in [-0.05, 0) is 12.1 Å². The highest BCUT2D eigenvalue weighted by atomic mass is 32.2. The number of nitrogens with one attached hydrogen (secondary N) is 1. The monoisotopic (exact) mass is 376 g/mol. The molecule has 2 aromatic rings. The first-order chi connectivity index (χ1) is 11.6. The summed E-state index contributed by atoms with van der Waals surface area (Å²) in [6.45, 7) is -0.541. The predicted octanol–water partition coefficient (Wildman–Crippen LogP) is 2.97. The molecular weight excluding hydrogens is 365 g/mol. The van der Waals surface area contributed by atoms with Crippen molar-refractivity contribution in [2.24, 2.45) is 0 Å². The van der Waals surface area contributed by atoms with Crippen molar-refractivity contribution in [3.8, 4) is 5.75 Å². The molecule has 0 spiro atoms. The molecule has 0 atom stereocenters. The van der Waals surface area contributed by atoms with E-state index in [1.54, 1.807) is 0 Å². The van der Waals surface area contributed by atoms with Crippen molar-refractivity contribution in [3.63, 3.8) is 0 Å². The third-order valence-corrected chi connectivity index (χ3v) is 4.45. The molecule has 0 unspecified atom stereocenters. The van der Waals surface area contributed by atoms with Gasteiger partial charge < -0.3 is 4.74 Å². The van der Waals surface area contributed by atoms with Crippen LogP contribution in [0.4, 0.5) is 18.9 Å². The van der Waals surface area contributed by atoms with Gasteiger partial charge in [0.2, 0.25) is 10.0 Å². The molecule has 0 aliphatic carbocycles. The van der Waals surface area contributed by atoms with Crippen LogP contribution in [0.3, 0.4) is 0 Å². The van der Waals surface area contributed by atoms with Crippen LogP contribution in [0, 0.1) is 10.1 Å². The fourth-order valence-corrected chi connectivity index (χ4v) is 3.14. The lowest BCUT2D eigenvalue weighted by Gasteiger charge is -2.13. The van der Waals surface area contributed by atoms with E-state index in [-0.39, 0.29) is 5.56 Å². The Morgan fingerprint density at radius 2 is 1.68 bits per heavy atom. The van der Waals surface area contributed by atoms with Crippen LogP contribution in [-0.4, -0.2) is 19.7 Å². The zero-order chi connectivity index (χ0) is 18.7. The topological polar surface area (TPSA) is 98.5 Å². The van der Waals surface area contributed by atoms with Gasteiger partial charge in [0.15, 0.2) is 4.90 Å². The molecule has 0 aliphatic heterocycles. The van der Waals surface area contributed by atoms with Crippen LogP contribution >= 0.6 is 0 Å². The van der Waals surface area contributed by atoms with Gasteiger partial charge in [-0.1, -0.05) is 30.3 Å². The summed E-state index contributed by atoms with van der Waals surface area (Å²) in [5.41, 5.74) is -0.725. The first-order valence-electron chi connectivity index (χ1n) is 6.67. The normalized spacial score (nSPS) is 12.0. The molecule has 0 bridgehead atoms. The van der Waals surface area contributed by atoms with E-state index >= 15 is 0 Å². The van der Waals surface area contributed by atoms with Crippen LogP contribution < -0.4 is 9.46 Å². The predicted molar refractivity (Wildman–Crippen MR) is 80.2 cm³/mol. The average molecular weight is 376 g/mol. The molecule has 0 aromatic heterocycles. The van der Waals surface area contributed by atoms with Gasteiger partial charge in [-0.15, -0.1) is 13.2 Å². The third-order valence-electron chi connectivity index (χ3n) is 3.00. The summed E-state index contributed by atoms with van der Waals surface area (Å²) in [6, 6.07) is 9.59. The molecule has 0 saturated heterocycles. The number of benzene rings is 2. The summed E-state index contributed by atoms with van der Waals surface area (Å²) in [6.07, 6.45) is -4.94. The molecule has 0 radical (unpaired) electrons. The highest BCUT2D eigenvalue weighted by Crippen LogP contribution is 2.27. The molecule has 0 saturated carbocycles. The summed E-state index contributed by atoms with van der Waals surface area (Å²) in [4.78, 5) is 9.47. The van der Waals surface area contributed by atoms with Crippen molar-refractivity contribution in [2.45, 2.75) is 17.8 Å². The highest BCUT2D eigenvalue weighted by molar-refractivity contribution is 7.89. The summed E-state index contributed by atoms with van der Waals surface area (Å²) < 4.78 is 67.5. The molecule has 0 fully saturated rings. The Labute approximate surface area is 140 Å². The number of nitro benzene ring substituents is 1. The van der Waals surface area contributed by atoms with Gasteiger partial charge in [0.1, 0.15) is 5.75 Å². The number of ether oxygens (including phenoxy) is 1. The lowest BCUT2D eigenvalue weighted by Crippen LogP contribution is -2.25. The Bertz CT molecular complexity index is 884. The maximum atomic E-state index is 12.4. The Morgan fingerprint density at radius 1 is 1.08 bits per heavy atom. The van der Waals surface area contributed by atoms with E-state index in [4.69, 9.17) is 0 Å². The van der Waals surface area contributed by atoms with E-state index in [1.807, 2.05) is 4.72 Å². The molecule has 2 aromatic carbocycles. The number of hydrogen-bond acceptors (Lipinski definition) is 5. The van der Waals surface area contributed by atoms with E-state index in [0.717, 1.165) is 18.2 Å². The third kappa shape index (κ3) is 4.90. The Morgan fingerprint density at radius 3 is 2.32 bits per heavy atom. The van der Waals surface area contributed by atoms with Crippen LogP contribution in [0.15, 0.2) is 53.4 Å². The van der Waals surface area contributed by atoms with E-state index in [2.05, 4.69) is 4.74 Å². The van der Waals surface area contributed by atoms with Gasteiger partial charge in [0.05, 0.1) is 4.92 Å². The van der Waals surface area contributed by atoms with Crippen molar-refractivity contribution in [2.75, 3.05) is 0 Å². The molecule has 0 aliphatic rings. The van der Waals surface area contributed by atoms with Crippen LogP contribution in [0.25, 0.3) is 0 Å². The first-order valence-corrected chi connectivity index (χ1v) is 8.15. The molecule has 11 heteroatoms. The zero-order valence-corrected chi connectivity index (χ0v) is 13.2. The molecule has 0 amide bonds. The molecule has 2 rings (SSSR count). The minimum absolute atomic E-state index is 0.0815. The van der Waals surface area contributed by atoms with Crippen LogP contribution in [0.1, 0.15) is 5.56 Å². The second-order valence-electron chi connectivity index (χ2n) is 4.70. The standard InChI is InChI=1S/C14H11F3N2O5S/c15-14(16,17)24-12-7-3-1-5-10(12)9-18-25(22,23)13-8-4-2-6-11(13)19(20)21/h1-8,18H,9H2. The van der Waals surface area contributed by atoms with E-state index in [0.29, 0.717) is 0 Å². The van der Waals surface area contributed by atoms with Crippen LogP contribution in [0.2, 0.25) is 0 Å². The van der Waals surface area contributed by atoms with E-state index in [1.165, 1.54) is 30.3 Å². The maximum Gasteiger partial charge on any atom is 0.573 e. The quantitative estimate of drug-likeness (QED) is 0.617. The van der Waals surface area contributed by atoms with Gasteiger partial charge in [0, 0.05) is 18.2 Å². The molecular formula is C14H11F3N2O5S. The van der Waals surface area contributed by atoms with Gasteiger partial charge >= 0.3 is 6.36 Å². The molecule has 0 heterocycles. The fraction of sp³-hybridized carbons (Fsp3) is 0.143. The SMILES string of the molecule is O=[N+]([O-])c1ccccc1S(=O)(=O)NCc1ccccc1OC(F)(F)F. The number of sulfonamides is 1. The van der Waals surface area contributed by atoms with Crippen molar-refractivity contribution in [1.82, 2.24) is 4.72 Å². The molecule has 1 N–H and O–H groups in total. The number of alkyl halides is 3. The number of para-hydroxylation sites is 2. The number of nitro groups is 1. The second kappa shape index (κ2) is 7.07. The highest BCUT2D eigenvalue weighted by Gasteiger charge is 2.32. The van der Waals surface area contributed by atoms with Crippen molar-refractivity contribution < 1.29 is 31.2 Å². The number of nitrogens with zero attached hydrogens (tertiary/aromatic N) is 1. The largest absolute Gasteiger partial charge is 0.573 e. The van der Waals surface area contributed by atoms with Crippen molar-refractivity contribution >= 4 is 15.7 Å². The Kier molecular flexibility index (Phi) is 5.28. The number of hydrogen-bond donors (Lipinski definition) is 1. The lowest BCUT2D eigenvalue weighted by molar-refractivity contribution is -0.387. The van der Waals surface area contributed by atoms with E-state index in [9.17, 15) is 31.7 Å². The molecule has 134 valence electrons. The van der Waals surface area contributed by atoms with Crippen LogP contribution in [0.5, 0.6) is 5.75 Å². The number of rotatable bonds is 6. The Hall–Kier alpha value is -2.66. The summed E-state index contributed by atoms with van der Waals surface area (Å²) in [5, 5.41) is 10.9. The average Bonchev–Trinajstić information content (AvgIpc) is 2.52. The number of halogens is 3. The second-order valence-corrected chi connectivity index (χ2v) is 6.44.